The molecule has 0 bridgehead atoms. The third-order valence-corrected chi connectivity index (χ3v) is 1.34. The van der Waals surface area contributed by atoms with Crippen LogP contribution in [0.15, 0.2) is 0 Å². The molecule has 1 heterocycles. The van der Waals surface area contributed by atoms with E-state index in [1.165, 1.54) is 0 Å². The zero-order valence-electron chi connectivity index (χ0n) is 4.86. The van der Waals surface area contributed by atoms with Crippen LogP contribution < -0.4 is 5.32 Å². The number of β-amino-alcohol motifs (C(OH)–C–C–N with tert-alkyl or cyclic N) is 1. The van der Waals surface area contributed by atoms with Crippen molar-refractivity contribution >= 4 is 0 Å². The standard InChI is InChI=1S/C4H10N2O3/c7-2-6-3(8)1-5-4(6)9/h3-5,7-9H,1-2H2. The fourth-order valence-electron chi connectivity index (χ4n) is 0.780. The number of rotatable bonds is 1. The molecule has 0 saturated carbocycles. The topological polar surface area (TPSA) is 76.0 Å². The minimum Gasteiger partial charge on any atom is -0.381 e. The molecule has 0 aromatic carbocycles. The second kappa shape index (κ2) is 2.59. The van der Waals surface area contributed by atoms with Crippen molar-refractivity contribution < 1.29 is 15.3 Å². The number of hydrogen-bond donors (Lipinski definition) is 4. The van der Waals surface area contributed by atoms with Crippen LogP contribution in [0.3, 0.4) is 0 Å². The second-order valence-corrected chi connectivity index (χ2v) is 1.92. The molecular weight excluding hydrogens is 124 g/mol. The van der Waals surface area contributed by atoms with E-state index in [0.717, 1.165) is 4.90 Å². The van der Waals surface area contributed by atoms with E-state index in [0.29, 0.717) is 6.54 Å². The van der Waals surface area contributed by atoms with Crippen LogP contribution in [0.5, 0.6) is 0 Å². The van der Waals surface area contributed by atoms with Gasteiger partial charge in [-0.1, -0.05) is 0 Å². The van der Waals surface area contributed by atoms with E-state index in [1.807, 2.05) is 0 Å². The summed E-state index contributed by atoms with van der Waals surface area (Å²) in [6, 6.07) is 0. The Labute approximate surface area is 52.5 Å². The largest absolute Gasteiger partial charge is 0.381 e. The predicted molar refractivity (Wildman–Crippen MR) is 28.9 cm³/mol. The zero-order chi connectivity index (χ0) is 6.85. The van der Waals surface area contributed by atoms with Gasteiger partial charge in [0.1, 0.15) is 13.0 Å². The first-order valence-corrected chi connectivity index (χ1v) is 2.72. The highest BCUT2D eigenvalue weighted by Gasteiger charge is 2.28. The second-order valence-electron chi connectivity index (χ2n) is 1.92. The maximum atomic E-state index is 8.90. The molecule has 2 unspecified atom stereocenters. The van der Waals surface area contributed by atoms with Gasteiger partial charge in [-0.05, 0) is 0 Å². The van der Waals surface area contributed by atoms with Crippen molar-refractivity contribution in [1.82, 2.24) is 10.2 Å². The van der Waals surface area contributed by atoms with Crippen LogP contribution in [-0.4, -0.2) is 46.1 Å². The van der Waals surface area contributed by atoms with Gasteiger partial charge in [-0.2, -0.15) is 0 Å². The monoisotopic (exact) mass is 134 g/mol. The van der Waals surface area contributed by atoms with Crippen molar-refractivity contribution in [2.75, 3.05) is 13.3 Å². The molecule has 9 heavy (non-hydrogen) atoms. The van der Waals surface area contributed by atoms with Crippen LogP contribution in [0.25, 0.3) is 0 Å². The minimum atomic E-state index is -0.912. The highest BCUT2D eigenvalue weighted by Crippen LogP contribution is 2.03. The van der Waals surface area contributed by atoms with Crippen molar-refractivity contribution in [1.29, 1.82) is 0 Å². The Morgan fingerprint density at radius 2 is 2.22 bits per heavy atom. The van der Waals surface area contributed by atoms with E-state index < -0.39 is 12.6 Å². The van der Waals surface area contributed by atoms with Crippen molar-refractivity contribution in [2.24, 2.45) is 0 Å². The molecule has 1 rings (SSSR count). The molecule has 5 heteroatoms. The summed E-state index contributed by atoms with van der Waals surface area (Å²) in [5.74, 6) is 0. The van der Waals surface area contributed by atoms with E-state index in [1.54, 1.807) is 0 Å². The van der Waals surface area contributed by atoms with Gasteiger partial charge in [0.25, 0.3) is 0 Å². The first-order valence-electron chi connectivity index (χ1n) is 2.72. The molecule has 0 amide bonds. The molecule has 0 aromatic heterocycles. The lowest BCUT2D eigenvalue weighted by Gasteiger charge is -2.18. The van der Waals surface area contributed by atoms with Gasteiger partial charge in [-0.25, -0.2) is 4.90 Å². The number of hydrogen-bond acceptors (Lipinski definition) is 5. The fourth-order valence-corrected chi connectivity index (χ4v) is 0.780. The highest BCUT2D eigenvalue weighted by molar-refractivity contribution is 4.70. The lowest BCUT2D eigenvalue weighted by molar-refractivity contribution is -0.0971. The van der Waals surface area contributed by atoms with Crippen LogP contribution in [0.2, 0.25) is 0 Å². The molecule has 0 spiro atoms. The number of aliphatic hydroxyl groups is 3. The summed E-state index contributed by atoms with van der Waals surface area (Å²) in [6.45, 7) is -0.0446. The average Bonchev–Trinajstić information content (AvgIpc) is 2.12. The van der Waals surface area contributed by atoms with Gasteiger partial charge in [0.2, 0.25) is 0 Å². The summed E-state index contributed by atoms with van der Waals surface area (Å²) in [5, 5.41) is 28.8. The normalized spacial score (nSPS) is 37.7. The molecule has 0 aliphatic carbocycles. The van der Waals surface area contributed by atoms with Crippen LogP contribution in [0.1, 0.15) is 0 Å². The maximum Gasteiger partial charge on any atom is 0.167 e. The summed E-state index contributed by atoms with van der Waals surface area (Å²) in [4.78, 5) is 1.13. The highest BCUT2D eigenvalue weighted by atomic mass is 16.4. The number of aliphatic hydroxyl groups excluding tert-OH is 3. The molecule has 5 nitrogen and oxygen atoms in total. The van der Waals surface area contributed by atoms with Crippen molar-refractivity contribution in [2.45, 2.75) is 12.6 Å². The molecule has 2 atom stereocenters. The third-order valence-electron chi connectivity index (χ3n) is 1.34. The molecule has 4 N–H and O–H groups in total. The summed E-state index contributed by atoms with van der Waals surface area (Å²) in [6.07, 6.45) is -1.69. The van der Waals surface area contributed by atoms with E-state index in [4.69, 9.17) is 15.3 Å². The molecule has 1 aliphatic heterocycles. The quantitative estimate of drug-likeness (QED) is 0.317. The Kier molecular flexibility index (Phi) is 1.99. The lowest BCUT2D eigenvalue weighted by Crippen LogP contribution is -2.39. The van der Waals surface area contributed by atoms with Gasteiger partial charge in [0.05, 0.1) is 0 Å². The van der Waals surface area contributed by atoms with Crippen LogP contribution >= 0.6 is 0 Å². The summed E-state index contributed by atoms with van der Waals surface area (Å²) >= 11 is 0. The van der Waals surface area contributed by atoms with Crippen molar-refractivity contribution in [3.8, 4) is 0 Å². The van der Waals surface area contributed by atoms with E-state index >= 15 is 0 Å². The molecule has 1 saturated heterocycles. The summed E-state index contributed by atoms with van der Waals surface area (Å²) in [5.41, 5.74) is 0. The Bertz CT molecular complexity index is 89.8. The first-order chi connectivity index (χ1) is 4.25. The summed E-state index contributed by atoms with van der Waals surface area (Å²) in [7, 11) is 0. The molecule has 1 aliphatic rings. The SMILES string of the molecule is OCN1C(O)CNC1O. The Balaban J connectivity index is 2.44. The Morgan fingerprint density at radius 1 is 1.56 bits per heavy atom. The Morgan fingerprint density at radius 3 is 2.44 bits per heavy atom. The van der Waals surface area contributed by atoms with Crippen LogP contribution in [0.4, 0.5) is 0 Å². The van der Waals surface area contributed by atoms with Gasteiger partial charge >= 0.3 is 0 Å². The van der Waals surface area contributed by atoms with Crippen molar-refractivity contribution in [3.63, 3.8) is 0 Å². The van der Waals surface area contributed by atoms with Crippen molar-refractivity contribution in [3.05, 3.63) is 0 Å². The molecule has 54 valence electrons. The average molecular weight is 134 g/mol. The molecule has 1 fully saturated rings. The van der Waals surface area contributed by atoms with Gasteiger partial charge < -0.3 is 15.3 Å². The predicted octanol–water partition coefficient (Wildman–Crippen LogP) is -2.56. The summed E-state index contributed by atoms with van der Waals surface area (Å²) < 4.78 is 0. The van der Waals surface area contributed by atoms with Crippen LogP contribution in [0, 0.1) is 0 Å². The first kappa shape index (κ1) is 6.91. The minimum absolute atomic E-state index is 0.293. The molecule has 0 aromatic rings. The number of nitrogens with zero attached hydrogens (tertiary/aromatic N) is 1. The van der Waals surface area contributed by atoms with Gasteiger partial charge in [0, 0.05) is 6.54 Å². The van der Waals surface area contributed by atoms with E-state index in [2.05, 4.69) is 5.32 Å². The molecular formula is C4H10N2O3. The Hall–Kier alpha value is -0.200. The maximum absolute atomic E-state index is 8.90. The van der Waals surface area contributed by atoms with Crippen LogP contribution in [-0.2, 0) is 0 Å². The zero-order valence-corrected chi connectivity index (χ0v) is 4.86. The van der Waals surface area contributed by atoms with Gasteiger partial charge in [-0.3, -0.25) is 5.32 Å². The smallest absolute Gasteiger partial charge is 0.167 e. The van der Waals surface area contributed by atoms with E-state index in [-0.39, 0.29) is 6.73 Å². The fraction of sp³-hybridized carbons (Fsp3) is 1.00. The van der Waals surface area contributed by atoms with Gasteiger partial charge in [0.15, 0.2) is 6.35 Å². The third kappa shape index (κ3) is 1.20. The number of nitrogens with one attached hydrogen (secondary N) is 1. The molecule has 0 radical (unpaired) electrons. The van der Waals surface area contributed by atoms with E-state index in [9.17, 15) is 0 Å². The van der Waals surface area contributed by atoms with Gasteiger partial charge in [-0.15, -0.1) is 0 Å². The lowest BCUT2D eigenvalue weighted by atomic mass is 10.6.